The van der Waals surface area contributed by atoms with Gasteiger partial charge in [-0.25, -0.2) is 9.97 Å². The van der Waals surface area contributed by atoms with Crippen LogP contribution in [0.4, 0.5) is 28.8 Å². The molecule has 5 rings (SSSR count). The maximum Gasteiger partial charge on any atom is 0.284 e. The molecule has 8 nitrogen and oxygen atoms in total. The summed E-state index contributed by atoms with van der Waals surface area (Å²) in [6.07, 6.45) is 0. The molecule has 174 valence electrons. The maximum atomic E-state index is 12.6. The van der Waals surface area contributed by atoms with Crippen LogP contribution in [0.2, 0.25) is 0 Å². The van der Waals surface area contributed by atoms with Gasteiger partial charge >= 0.3 is 0 Å². The largest absolute Gasteiger partial charge is 0.497 e. The summed E-state index contributed by atoms with van der Waals surface area (Å²) in [5.41, 5.74) is 4.00. The molecule has 2 heterocycles. The van der Waals surface area contributed by atoms with E-state index in [9.17, 15) is 4.79 Å². The van der Waals surface area contributed by atoms with Gasteiger partial charge in [0.2, 0.25) is 5.95 Å². The first kappa shape index (κ1) is 22.3. The van der Waals surface area contributed by atoms with Crippen molar-refractivity contribution in [3.8, 4) is 5.75 Å². The van der Waals surface area contributed by atoms with Crippen molar-refractivity contribution in [3.63, 3.8) is 0 Å². The van der Waals surface area contributed by atoms with E-state index in [-0.39, 0.29) is 5.91 Å². The number of ether oxygens (including phenoxy) is 1. The van der Waals surface area contributed by atoms with E-state index in [1.165, 1.54) is 11.3 Å². The molecule has 3 aromatic carbocycles. The highest BCUT2D eigenvalue weighted by Crippen LogP contribution is 2.24. The van der Waals surface area contributed by atoms with Gasteiger partial charge in [0.1, 0.15) is 11.6 Å². The molecule has 5 aromatic rings. The summed E-state index contributed by atoms with van der Waals surface area (Å²) in [4.78, 5) is 26.0. The minimum atomic E-state index is -0.233. The molecule has 0 aliphatic heterocycles. The Morgan fingerprint density at radius 2 is 1.51 bits per heavy atom. The highest BCUT2D eigenvalue weighted by molar-refractivity contribution is 7.20. The SMILES string of the molecule is COc1ccc(Nc2cc(C)nc(Nc3ccc(NC(=O)c4nc5ccccc5s4)cc3)n2)cc1. The van der Waals surface area contributed by atoms with Gasteiger partial charge in [0.05, 0.1) is 17.3 Å². The van der Waals surface area contributed by atoms with E-state index < -0.39 is 0 Å². The normalized spacial score (nSPS) is 10.7. The van der Waals surface area contributed by atoms with E-state index in [2.05, 4.69) is 30.9 Å². The van der Waals surface area contributed by atoms with Crippen LogP contribution in [0.1, 0.15) is 15.5 Å². The van der Waals surface area contributed by atoms with Crippen molar-refractivity contribution in [1.82, 2.24) is 15.0 Å². The molecule has 0 fully saturated rings. The summed E-state index contributed by atoms with van der Waals surface area (Å²) < 4.78 is 6.18. The van der Waals surface area contributed by atoms with E-state index in [1.807, 2.05) is 85.8 Å². The molecule has 0 aliphatic rings. The molecule has 35 heavy (non-hydrogen) atoms. The lowest BCUT2D eigenvalue weighted by Gasteiger charge is -2.11. The third kappa shape index (κ3) is 5.36. The topological polar surface area (TPSA) is 101 Å². The Morgan fingerprint density at radius 3 is 2.26 bits per heavy atom. The lowest BCUT2D eigenvalue weighted by atomic mass is 10.2. The van der Waals surface area contributed by atoms with Gasteiger partial charge < -0.3 is 20.7 Å². The van der Waals surface area contributed by atoms with Gasteiger partial charge in [0, 0.05) is 28.8 Å². The molecule has 3 N–H and O–H groups in total. The minimum Gasteiger partial charge on any atom is -0.497 e. The van der Waals surface area contributed by atoms with Gasteiger partial charge in [-0.3, -0.25) is 4.79 Å². The Bertz CT molecular complexity index is 1450. The molecular weight excluding hydrogens is 460 g/mol. The number of rotatable bonds is 7. The molecule has 0 saturated heterocycles. The minimum absolute atomic E-state index is 0.233. The van der Waals surface area contributed by atoms with Gasteiger partial charge in [0.25, 0.3) is 5.91 Å². The molecule has 0 atom stereocenters. The van der Waals surface area contributed by atoms with Crippen LogP contribution in [-0.4, -0.2) is 28.0 Å². The average molecular weight is 483 g/mol. The molecule has 0 unspecified atom stereocenters. The molecule has 1 amide bonds. The summed E-state index contributed by atoms with van der Waals surface area (Å²) in [6, 6.07) is 24.5. The van der Waals surface area contributed by atoms with Crippen LogP contribution < -0.4 is 20.7 Å². The predicted molar refractivity (Wildman–Crippen MR) is 140 cm³/mol. The van der Waals surface area contributed by atoms with Crippen LogP contribution in [0.25, 0.3) is 10.2 Å². The third-order valence-electron chi connectivity index (χ3n) is 5.10. The van der Waals surface area contributed by atoms with Gasteiger partial charge in [-0.1, -0.05) is 12.1 Å². The predicted octanol–water partition coefficient (Wildman–Crippen LogP) is 6.14. The van der Waals surface area contributed by atoms with Crippen LogP contribution in [0.15, 0.2) is 78.9 Å². The van der Waals surface area contributed by atoms with E-state index in [0.29, 0.717) is 22.5 Å². The third-order valence-corrected chi connectivity index (χ3v) is 6.14. The number of thiazole rings is 1. The number of amides is 1. The number of nitrogens with zero attached hydrogens (tertiary/aromatic N) is 3. The fourth-order valence-corrected chi connectivity index (χ4v) is 4.29. The fourth-order valence-electron chi connectivity index (χ4n) is 3.43. The fraction of sp³-hybridized carbons (Fsp3) is 0.0769. The van der Waals surface area contributed by atoms with Crippen LogP contribution >= 0.6 is 11.3 Å². The molecular formula is C26H22N6O2S. The highest BCUT2D eigenvalue weighted by Gasteiger charge is 2.12. The monoisotopic (exact) mass is 482 g/mol. The first-order chi connectivity index (χ1) is 17.1. The van der Waals surface area contributed by atoms with E-state index in [1.54, 1.807) is 7.11 Å². The quantitative estimate of drug-likeness (QED) is 0.256. The van der Waals surface area contributed by atoms with Gasteiger partial charge in [-0.15, -0.1) is 11.3 Å². The zero-order valence-corrected chi connectivity index (χ0v) is 19.9. The molecule has 0 spiro atoms. The second-order valence-corrected chi connectivity index (χ2v) is 8.75. The van der Waals surface area contributed by atoms with Crippen molar-refractivity contribution in [2.24, 2.45) is 0 Å². The average Bonchev–Trinajstić information content (AvgIpc) is 3.30. The van der Waals surface area contributed by atoms with Crippen molar-refractivity contribution >= 4 is 56.3 Å². The molecule has 0 radical (unpaired) electrons. The number of fused-ring (bicyclic) bond motifs is 1. The number of benzene rings is 3. The molecule has 0 saturated carbocycles. The number of hydrogen-bond donors (Lipinski definition) is 3. The summed E-state index contributed by atoms with van der Waals surface area (Å²) in [6.45, 7) is 1.91. The number of nitrogens with one attached hydrogen (secondary N) is 3. The highest BCUT2D eigenvalue weighted by atomic mass is 32.1. The zero-order valence-electron chi connectivity index (χ0n) is 19.1. The lowest BCUT2D eigenvalue weighted by Crippen LogP contribution is -2.11. The summed E-state index contributed by atoms with van der Waals surface area (Å²) in [5, 5.41) is 9.82. The summed E-state index contributed by atoms with van der Waals surface area (Å²) in [7, 11) is 1.64. The van der Waals surface area contributed by atoms with Gasteiger partial charge in [0.15, 0.2) is 5.01 Å². The Kier molecular flexibility index (Phi) is 6.23. The Balaban J connectivity index is 1.25. The Labute approximate surface area is 206 Å². The van der Waals surface area contributed by atoms with Crippen LogP contribution in [0, 0.1) is 6.92 Å². The van der Waals surface area contributed by atoms with Crippen molar-refractivity contribution in [2.75, 3.05) is 23.1 Å². The van der Waals surface area contributed by atoms with Crippen molar-refractivity contribution < 1.29 is 9.53 Å². The lowest BCUT2D eigenvalue weighted by molar-refractivity contribution is 0.102. The van der Waals surface area contributed by atoms with Crippen molar-refractivity contribution in [1.29, 1.82) is 0 Å². The van der Waals surface area contributed by atoms with E-state index in [4.69, 9.17) is 4.74 Å². The van der Waals surface area contributed by atoms with Crippen LogP contribution in [0.5, 0.6) is 5.75 Å². The van der Waals surface area contributed by atoms with Crippen LogP contribution in [-0.2, 0) is 0 Å². The first-order valence-corrected chi connectivity index (χ1v) is 11.7. The second-order valence-electron chi connectivity index (χ2n) is 7.71. The Hall–Kier alpha value is -4.50. The summed E-state index contributed by atoms with van der Waals surface area (Å²) in [5.74, 6) is 1.69. The van der Waals surface area contributed by atoms with Gasteiger partial charge in [-0.2, -0.15) is 4.98 Å². The first-order valence-electron chi connectivity index (χ1n) is 10.9. The van der Waals surface area contributed by atoms with Gasteiger partial charge in [-0.05, 0) is 67.6 Å². The molecule has 2 aromatic heterocycles. The van der Waals surface area contributed by atoms with E-state index >= 15 is 0 Å². The number of aryl methyl sites for hydroxylation is 1. The number of methoxy groups -OCH3 is 1. The standard InChI is InChI=1S/C26H22N6O2S/c1-16-15-23(28-17-11-13-20(34-2)14-12-17)32-26(27-16)30-19-9-7-18(8-10-19)29-24(33)25-31-21-5-3-4-6-22(21)35-25/h3-15H,1-2H3,(H,29,33)(H2,27,28,30,32). The number of aromatic nitrogens is 3. The number of carbonyl (C=O) groups is 1. The van der Waals surface area contributed by atoms with Crippen molar-refractivity contribution in [2.45, 2.75) is 6.92 Å². The zero-order chi connectivity index (χ0) is 24.2. The van der Waals surface area contributed by atoms with E-state index in [0.717, 1.165) is 33.0 Å². The maximum absolute atomic E-state index is 12.6. The number of anilines is 5. The number of hydrogen-bond acceptors (Lipinski definition) is 8. The smallest absolute Gasteiger partial charge is 0.284 e. The molecule has 0 aliphatic carbocycles. The van der Waals surface area contributed by atoms with Crippen molar-refractivity contribution in [3.05, 3.63) is 89.6 Å². The second kappa shape index (κ2) is 9.78. The Morgan fingerprint density at radius 1 is 0.829 bits per heavy atom. The summed E-state index contributed by atoms with van der Waals surface area (Å²) >= 11 is 1.37. The number of carbonyl (C=O) groups excluding carboxylic acids is 1. The van der Waals surface area contributed by atoms with Crippen LogP contribution in [0.3, 0.4) is 0 Å². The number of para-hydroxylation sites is 1. The molecule has 0 bridgehead atoms. The molecule has 9 heteroatoms.